The molecule has 1 aliphatic heterocycles. The molecule has 0 spiro atoms. The van der Waals surface area contributed by atoms with Crippen LogP contribution in [0, 0.1) is 0 Å². The number of aliphatic carboxylic acids is 1. The molecule has 0 radical (unpaired) electrons. The maximum atomic E-state index is 12.4. The van der Waals surface area contributed by atoms with Crippen LogP contribution in [0.1, 0.15) is 16.8 Å². The number of benzene rings is 1. The van der Waals surface area contributed by atoms with Crippen molar-refractivity contribution in [2.24, 2.45) is 0 Å². The molecule has 1 unspecified atom stereocenters. The number of carboxylic acids is 1. The third-order valence-corrected chi connectivity index (χ3v) is 5.16. The van der Waals surface area contributed by atoms with Crippen molar-refractivity contribution in [2.75, 3.05) is 11.5 Å². The number of hydrogen-bond acceptors (Lipinski definition) is 4. The molecule has 0 bridgehead atoms. The molecular formula is C15H14ClN3O3S. The number of rotatable bonds is 4. The number of nitrogens with zero attached hydrogens (tertiary/aromatic N) is 2. The molecule has 1 aliphatic rings. The molecular weight excluding hydrogens is 338 g/mol. The Labute approximate surface area is 141 Å². The number of thioether (sulfide) groups is 1. The molecule has 2 aromatic rings. The predicted octanol–water partition coefficient (Wildman–Crippen LogP) is 2.22. The minimum absolute atomic E-state index is 0.317. The van der Waals surface area contributed by atoms with Gasteiger partial charge in [0.1, 0.15) is 5.54 Å². The molecule has 3 rings (SSSR count). The lowest BCUT2D eigenvalue weighted by Crippen LogP contribution is -2.54. The molecule has 2 N–H and O–H groups in total. The Morgan fingerprint density at radius 2 is 2.09 bits per heavy atom. The van der Waals surface area contributed by atoms with E-state index in [9.17, 15) is 14.7 Å². The SMILES string of the molecule is O=C(NC1(C(=O)O)CCSC1)c1cnn(-c2ccc(Cl)cc2)c1. The van der Waals surface area contributed by atoms with Gasteiger partial charge in [-0.3, -0.25) is 4.79 Å². The van der Waals surface area contributed by atoms with Crippen LogP contribution in [0.15, 0.2) is 36.7 Å². The highest BCUT2D eigenvalue weighted by Gasteiger charge is 2.43. The molecule has 120 valence electrons. The first-order valence-corrected chi connectivity index (χ1v) is 8.48. The van der Waals surface area contributed by atoms with Gasteiger partial charge >= 0.3 is 5.97 Å². The van der Waals surface area contributed by atoms with Gasteiger partial charge in [-0.1, -0.05) is 11.6 Å². The highest BCUT2D eigenvalue weighted by molar-refractivity contribution is 7.99. The van der Waals surface area contributed by atoms with E-state index in [2.05, 4.69) is 10.4 Å². The van der Waals surface area contributed by atoms with E-state index in [0.717, 1.165) is 11.4 Å². The Morgan fingerprint density at radius 3 is 2.70 bits per heavy atom. The van der Waals surface area contributed by atoms with Gasteiger partial charge in [0.25, 0.3) is 5.91 Å². The predicted molar refractivity (Wildman–Crippen MR) is 88.3 cm³/mol. The monoisotopic (exact) mass is 351 g/mol. The lowest BCUT2D eigenvalue weighted by Gasteiger charge is -2.24. The van der Waals surface area contributed by atoms with E-state index in [1.807, 2.05) is 0 Å². The van der Waals surface area contributed by atoms with Gasteiger partial charge in [-0.25, -0.2) is 9.48 Å². The highest BCUT2D eigenvalue weighted by Crippen LogP contribution is 2.28. The van der Waals surface area contributed by atoms with Crippen LogP contribution in [0.5, 0.6) is 0 Å². The fraction of sp³-hybridized carbons (Fsp3) is 0.267. The third kappa shape index (κ3) is 3.20. The number of carbonyl (C=O) groups is 2. The summed E-state index contributed by atoms with van der Waals surface area (Å²) in [6.45, 7) is 0. The fourth-order valence-electron chi connectivity index (χ4n) is 2.35. The average Bonchev–Trinajstić information content (AvgIpc) is 3.17. The van der Waals surface area contributed by atoms with Crippen LogP contribution in [-0.4, -0.2) is 43.8 Å². The van der Waals surface area contributed by atoms with Crippen LogP contribution in [-0.2, 0) is 4.79 Å². The van der Waals surface area contributed by atoms with Crippen molar-refractivity contribution in [3.63, 3.8) is 0 Å². The molecule has 0 saturated carbocycles. The van der Waals surface area contributed by atoms with E-state index < -0.39 is 17.4 Å². The first kappa shape index (κ1) is 15.9. The maximum Gasteiger partial charge on any atom is 0.330 e. The molecule has 0 aliphatic carbocycles. The van der Waals surface area contributed by atoms with Crippen LogP contribution >= 0.6 is 23.4 Å². The molecule has 1 atom stereocenters. The number of amides is 1. The van der Waals surface area contributed by atoms with E-state index in [0.29, 0.717) is 22.8 Å². The van der Waals surface area contributed by atoms with Gasteiger partial charge in [0.2, 0.25) is 0 Å². The normalized spacial score (nSPS) is 20.4. The van der Waals surface area contributed by atoms with Crippen LogP contribution in [0.2, 0.25) is 5.02 Å². The molecule has 1 amide bonds. The first-order valence-electron chi connectivity index (χ1n) is 6.94. The van der Waals surface area contributed by atoms with E-state index in [4.69, 9.17) is 11.6 Å². The van der Waals surface area contributed by atoms with E-state index in [1.165, 1.54) is 18.0 Å². The van der Waals surface area contributed by atoms with Gasteiger partial charge in [-0.2, -0.15) is 16.9 Å². The summed E-state index contributed by atoms with van der Waals surface area (Å²) >= 11 is 7.36. The molecule has 23 heavy (non-hydrogen) atoms. The molecule has 1 saturated heterocycles. The molecule has 1 aromatic heterocycles. The molecule has 1 aromatic carbocycles. The Morgan fingerprint density at radius 1 is 1.35 bits per heavy atom. The van der Waals surface area contributed by atoms with Crippen molar-refractivity contribution in [1.82, 2.24) is 15.1 Å². The summed E-state index contributed by atoms with van der Waals surface area (Å²) in [6, 6.07) is 7.02. The summed E-state index contributed by atoms with van der Waals surface area (Å²) in [7, 11) is 0. The van der Waals surface area contributed by atoms with Crippen molar-refractivity contribution < 1.29 is 14.7 Å². The minimum atomic E-state index is -1.19. The number of hydrogen-bond donors (Lipinski definition) is 2. The topological polar surface area (TPSA) is 84.2 Å². The van der Waals surface area contributed by atoms with E-state index >= 15 is 0 Å². The second-order valence-electron chi connectivity index (χ2n) is 5.29. The zero-order chi connectivity index (χ0) is 16.4. The largest absolute Gasteiger partial charge is 0.479 e. The zero-order valence-electron chi connectivity index (χ0n) is 12.0. The maximum absolute atomic E-state index is 12.4. The number of carboxylic acid groups (broad SMARTS) is 1. The minimum Gasteiger partial charge on any atom is -0.479 e. The van der Waals surface area contributed by atoms with Gasteiger partial charge in [0, 0.05) is 17.0 Å². The third-order valence-electron chi connectivity index (χ3n) is 3.72. The summed E-state index contributed by atoms with van der Waals surface area (Å²) in [4.78, 5) is 23.8. The van der Waals surface area contributed by atoms with Gasteiger partial charge in [0.05, 0.1) is 17.4 Å². The second kappa shape index (κ2) is 6.25. The zero-order valence-corrected chi connectivity index (χ0v) is 13.6. The summed E-state index contributed by atoms with van der Waals surface area (Å²) in [5, 5.41) is 16.8. The van der Waals surface area contributed by atoms with Crippen LogP contribution < -0.4 is 5.32 Å². The van der Waals surface area contributed by atoms with Gasteiger partial charge < -0.3 is 10.4 Å². The van der Waals surface area contributed by atoms with Crippen LogP contribution in [0.4, 0.5) is 0 Å². The van der Waals surface area contributed by atoms with Crippen LogP contribution in [0.3, 0.4) is 0 Å². The van der Waals surface area contributed by atoms with Crippen LogP contribution in [0.25, 0.3) is 5.69 Å². The number of carbonyl (C=O) groups excluding carboxylic acids is 1. The highest BCUT2D eigenvalue weighted by atomic mass is 35.5. The van der Waals surface area contributed by atoms with Crippen molar-refractivity contribution in [2.45, 2.75) is 12.0 Å². The van der Waals surface area contributed by atoms with Gasteiger partial charge in [-0.15, -0.1) is 0 Å². The smallest absolute Gasteiger partial charge is 0.330 e. The van der Waals surface area contributed by atoms with Crippen molar-refractivity contribution >= 4 is 35.2 Å². The fourth-order valence-corrected chi connectivity index (χ4v) is 3.80. The molecule has 2 heterocycles. The Balaban J connectivity index is 1.78. The average molecular weight is 352 g/mol. The molecule has 8 heteroatoms. The van der Waals surface area contributed by atoms with E-state index in [1.54, 1.807) is 35.1 Å². The Bertz CT molecular complexity index is 739. The van der Waals surface area contributed by atoms with Gasteiger partial charge in [0.15, 0.2) is 0 Å². The Hall–Kier alpha value is -1.99. The quantitative estimate of drug-likeness (QED) is 0.882. The Kier molecular flexibility index (Phi) is 4.32. The molecule has 6 nitrogen and oxygen atoms in total. The summed E-state index contributed by atoms with van der Waals surface area (Å²) < 4.78 is 1.54. The summed E-state index contributed by atoms with van der Waals surface area (Å²) in [6.07, 6.45) is 3.40. The van der Waals surface area contributed by atoms with E-state index in [-0.39, 0.29) is 0 Å². The lowest BCUT2D eigenvalue weighted by molar-refractivity contribution is -0.143. The molecule has 1 fully saturated rings. The van der Waals surface area contributed by atoms with Gasteiger partial charge in [-0.05, 0) is 36.4 Å². The number of halogens is 1. The summed E-state index contributed by atoms with van der Waals surface area (Å²) in [5.74, 6) is -0.341. The van der Waals surface area contributed by atoms with Crippen molar-refractivity contribution in [3.05, 3.63) is 47.2 Å². The number of aromatic nitrogens is 2. The van der Waals surface area contributed by atoms with Crippen molar-refractivity contribution in [3.8, 4) is 5.69 Å². The standard InChI is InChI=1S/C15H14ClN3O3S/c16-11-1-3-12(4-2-11)19-8-10(7-17-19)13(20)18-15(14(21)22)5-6-23-9-15/h1-4,7-8H,5-6,9H2,(H,18,20)(H,21,22). The summed E-state index contributed by atoms with van der Waals surface area (Å²) in [5.41, 5.74) is -0.111. The second-order valence-corrected chi connectivity index (χ2v) is 6.84. The first-order chi connectivity index (χ1) is 11.0. The van der Waals surface area contributed by atoms with Crippen molar-refractivity contribution in [1.29, 1.82) is 0 Å². The lowest BCUT2D eigenvalue weighted by atomic mass is 9.99. The number of nitrogens with one attached hydrogen (secondary N) is 1.